The van der Waals surface area contributed by atoms with Crippen LogP contribution in [0.5, 0.6) is 5.88 Å². The zero-order chi connectivity index (χ0) is 9.97. The predicted octanol–water partition coefficient (Wildman–Crippen LogP) is 0.999. The molecule has 1 heterocycles. The lowest BCUT2D eigenvalue weighted by Crippen LogP contribution is -1.88. The molecule has 0 bridgehead atoms. The highest BCUT2D eigenvalue weighted by atomic mass is 16.5. The van der Waals surface area contributed by atoms with Crippen molar-refractivity contribution in [3.8, 4) is 5.88 Å². The van der Waals surface area contributed by atoms with Gasteiger partial charge in [0.15, 0.2) is 5.43 Å². The molecule has 0 spiro atoms. The lowest BCUT2D eigenvalue weighted by atomic mass is 10.4. The van der Waals surface area contributed by atoms with Crippen LogP contribution in [0.25, 0.3) is 11.0 Å². The summed E-state index contributed by atoms with van der Waals surface area (Å²) in [6.07, 6.45) is 1.52. The van der Waals surface area contributed by atoms with Crippen molar-refractivity contribution < 1.29 is 4.74 Å². The first kappa shape index (κ1) is 8.62. The van der Waals surface area contributed by atoms with E-state index in [1.165, 1.54) is 25.4 Å². The van der Waals surface area contributed by atoms with Gasteiger partial charge >= 0.3 is 0 Å². The summed E-state index contributed by atoms with van der Waals surface area (Å²) in [4.78, 5) is 19.3. The van der Waals surface area contributed by atoms with E-state index in [4.69, 9.17) is 4.74 Å². The maximum atomic E-state index is 11.0. The molecule has 0 unspecified atom stereocenters. The molecule has 0 aliphatic heterocycles. The summed E-state index contributed by atoms with van der Waals surface area (Å²) in [6, 6.07) is 6.19. The van der Waals surface area contributed by atoms with Gasteiger partial charge in [-0.2, -0.15) is 0 Å². The monoisotopic (exact) mass is 188 g/mol. The van der Waals surface area contributed by atoms with Gasteiger partial charge in [-0.05, 0) is 24.3 Å². The summed E-state index contributed by atoms with van der Waals surface area (Å²) < 4.78 is 4.93. The molecule has 14 heavy (non-hydrogen) atoms. The van der Waals surface area contributed by atoms with E-state index in [1.54, 1.807) is 12.1 Å². The van der Waals surface area contributed by atoms with E-state index >= 15 is 0 Å². The Labute approximate surface area is 80.2 Å². The number of hydrogen-bond donors (Lipinski definition) is 0. The van der Waals surface area contributed by atoms with Gasteiger partial charge in [0.2, 0.25) is 5.88 Å². The van der Waals surface area contributed by atoms with Crippen LogP contribution in [0, 0.1) is 0 Å². The van der Waals surface area contributed by atoms with Crippen LogP contribution in [0.2, 0.25) is 0 Å². The lowest BCUT2D eigenvalue weighted by Gasteiger charge is -1.96. The number of fused-ring (bicyclic) bond motifs is 1. The summed E-state index contributed by atoms with van der Waals surface area (Å²) in [6.45, 7) is 0. The fourth-order valence-electron chi connectivity index (χ4n) is 1.12. The molecule has 0 N–H and O–H groups in total. The molecule has 0 atom stereocenters. The second-order valence-electron chi connectivity index (χ2n) is 2.75. The van der Waals surface area contributed by atoms with Crippen LogP contribution in [-0.4, -0.2) is 17.1 Å². The quantitative estimate of drug-likeness (QED) is 0.669. The van der Waals surface area contributed by atoms with Crippen LogP contribution in [0.4, 0.5) is 0 Å². The van der Waals surface area contributed by atoms with Crippen LogP contribution < -0.4 is 10.2 Å². The number of ether oxygens (including phenoxy) is 1. The van der Waals surface area contributed by atoms with Crippen molar-refractivity contribution in [2.45, 2.75) is 0 Å². The summed E-state index contributed by atoms with van der Waals surface area (Å²) in [5.41, 5.74) is 1.25. The molecule has 2 rings (SSSR count). The third-order valence-corrected chi connectivity index (χ3v) is 1.83. The van der Waals surface area contributed by atoms with Gasteiger partial charge in [-0.15, -0.1) is 0 Å². The highest BCUT2D eigenvalue weighted by Gasteiger charge is 1.97. The van der Waals surface area contributed by atoms with Gasteiger partial charge in [0.1, 0.15) is 0 Å². The molecule has 0 radical (unpaired) electrons. The predicted molar refractivity (Wildman–Crippen MR) is 52.4 cm³/mol. The molecule has 0 fully saturated rings. The fourth-order valence-corrected chi connectivity index (χ4v) is 1.12. The third-order valence-electron chi connectivity index (χ3n) is 1.83. The Morgan fingerprint density at radius 1 is 1.14 bits per heavy atom. The molecular formula is C10H8N2O2. The zero-order valence-electron chi connectivity index (χ0n) is 7.60. The number of methoxy groups -OCH3 is 1. The minimum Gasteiger partial charge on any atom is -0.480 e. The van der Waals surface area contributed by atoms with Gasteiger partial charge in [0, 0.05) is 0 Å². The Hall–Kier alpha value is -1.97. The van der Waals surface area contributed by atoms with Crippen LogP contribution in [0.3, 0.4) is 0 Å². The molecule has 0 aliphatic carbocycles. The summed E-state index contributed by atoms with van der Waals surface area (Å²) >= 11 is 0. The van der Waals surface area contributed by atoms with Crippen molar-refractivity contribution in [2.75, 3.05) is 7.11 Å². The maximum Gasteiger partial charge on any atom is 0.232 e. The summed E-state index contributed by atoms with van der Waals surface area (Å²) in [7, 11) is 1.53. The minimum absolute atomic E-state index is 0.0660. The Kier molecular flexibility index (Phi) is 2.10. The van der Waals surface area contributed by atoms with Crippen molar-refractivity contribution in [3.05, 3.63) is 40.7 Å². The highest BCUT2D eigenvalue weighted by Crippen LogP contribution is 2.10. The van der Waals surface area contributed by atoms with Crippen molar-refractivity contribution >= 4 is 11.0 Å². The van der Waals surface area contributed by atoms with Gasteiger partial charge in [0.05, 0.1) is 24.3 Å². The maximum absolute atomic E-state index is 11.0. The number of aromatic nitrogens is 2. The van der Waals surface area contributed by atoms with E-state index in [0.29, 0.717) is 16.9 Å². The minimum atomic E-state index is -0.0660. The summed E-state index contributed by atoms with van der Waals surface area (Å²) in [5.74, 6) is 0.441. The number of nitrogens with zero attached hydrogens (tertiary/aromatic N) is 2. The van der Waals surface area contributed by atoms with E-state index in [0.717, 1.165) is 0 Å². The molecule has 4 heteroatoms. The first-order chi connectivity index (χ1) is 6.79. The Morgan fingerprint density at radius 2 is 1.86 bits per heavy atom. The molecule has 0 aliphatic rings. The van der Waals surface area contributed by atoms with Gasteiger partial charge < -0.3 is 4.74 Å². The highest BCUT2D eigenvalue weighted by molar-refractivity contribution is 5.73. The molecule has 70 valence electrons. The SMILES string of the molecule is COc1cnc2ccc(=O)ccc2n1. The smallest absolute Gasteiger partial charge is 0.232 e. The van der Waals surface area contributed by atoms with Gasteiger partial charge in [-0.25, -0.2) is 9.97 Å². The van der Waals surface area contributed by atoms with E-state index < -0.39 is 0 Å². The molecule has 1 aromatic carbocycles. The number of rotatable bonds is 1. The van der Waals surface area contributed by atoms with Crippen LogP contribution in [0.15, 0.2) is 35.3 Å². The van der Waals surface area contributed by atoms with E-state index in [-0.39, 0.29) is 5.43 Å². The normalized spacial score (nSPS) is 10.1. The average Bonchev–Trinajstić information content (AvgIpc) is 2.40. The zero-order valence-corrected chi connectivity index (χ0v) is 7.60. The molecule has 0 saturated carbocycles. The van der Waals surface area contributed by atoms with Crippen LogP contribution in [-0.2, 0) is 0 Å². The Bertz CT molecular complexity index is 525. The first-order valence-corrected chi connectivity index (χ1v) is 4.11. The van der Waals surface area contributed by atoms with E-state index in [2.05, 4.69) is 9.97 Å². The second-order valence-corrected chi connectivity index (χ2v) is 2.75. The Balaban J connectivity index is 2.77. The van der Waals surface area contributed by atoms with Crippen LogP contribution in [0.1, 0.15) is 0 Å². The van der Waals surface area contributed by atoms with Gasteiger partial charge in [0.25, 0.3) is 0 Å². The third kappa shape index (κ3) is 1.54. The fraction of sp³-hybridized carbons (Fsp3) is 0.100. The molecular weight excluding hydrogens is 180 g/mol. The molecule has 0 saturated heterocycles. The van der Waals surface area contributed by atoms with Crippen LogP contribution >= 0.6 is 0 Å². The average molecular weight is 188 g/mol. The van der Waals surface area contributed by atoms with Crippen molar-refractivity contribution in [3.63, 3.8) is 0 Å². The second kappa shape index (κ2) is 3.41. The van der Waals surface area contributed by atoms with Crippen molar-refractivity contribution in [1.82, 2.24) is 9.97 Å². The van der Waals surface area contributed by atoms with E-state index in [9.17, 15) is 4.79 Å². The number of hydrogen-bond acceptors (Lipinski definition) is 4. The standard InChI is InChI=1S/C10H8N2O2/c1-14-10-6-11-8-4-2-7(13)3-5-9(8)12-10/h2-6H,1H3. The summed E-state index contributed by atoms with van der Waals surface area (Å²) in [5, 5.41) is 0. The molecule has 0 amide bonds. The van der Waals surface area contributed by atoms with Gasteiger partial charge in [-0.1, -0.05) is 0 Å². The van der Waals surface area contributed by atoms with E-state index in [1.807, 2.05) is 0 Å². The Morgan fingerprint density at radius 3 is 2.57 bits per heavy atom. The first-order valence-electron chi connectivity index (χ1n) is 4.11. The van der Waals surface area contributed by atoms with Crippen molar-refractivity contribution in [2.24, 2.45) is 0 Å². The molecule has 4 nitrogen and oxygen atoms in total. The topological polar surface area (TPSA) is 52.1 Å². The van der Waals surface area contributed by atoms with Gasteiger partial charge in [-0.3, -0.25) is 4.79 Å². The van der Waals surface area contributed by atoms with Crippen molar-refractivity contribution in [1.29, 1.82) is 0 Å². The molecule has 2 aromatic rings. The molecule has 1 aromatic heterocycles. The lowest BCUT2D eigenvalue weighted by molar-refractivity contribution is 0.398. The largest absolute Gasteiger partial charge is 0.480 e.